The van der Waals surface area contributed by atoms with Gasteiger partial charge in [-0.1, -0.05) is 6.07 Å². The van der Waals surface area contributed by atoms with Crippen LogP contribution in [0.5, 0.6) is 40.2 Å². The first-order chi connectivity index (χ1) is 17.9. The number of carbonyl (C=O) groups is 2. The Labute approximate surface area is 212 Å². The lowest BCUT2D eigenvalue weighted by Crippen LogP contribution is -2.21. The molecule has 0 bridgehead atoms. The van der Waals surface area contributed by atoms with Crippen LogP contribution in [0, 0.1) is 0 Å². The lowest BCUT2D eigenvalue weighted by molar-refractivity contribution is -0.135. The second-order valence-corrected chi connectivity index (χ2v) is 8.41. The molecule has 9 nitrogen and oxygen atoms in total. The maximum Gasteiger partial charge on any atom is 0.312 e. The zero-order chi connectivity index (χ0) is 26.3. The SMILES string of the molecule is COc1ccc(C2CC(=O)Oc3ccc4c(c32)O/C(=C\c2cc(OC)c(OC)cc2OC)C4=O)cc1O. The highest BCUT2D eigenvalue weighted by atomic mass is 16.5. The van der Waals surface area contributed by atoms with E-state index in [2.05, 4.69) is 0 Å². The minimum atomic E-state index is -0.509. The molecule has 1 unspecified atom stereocenters. The molecule has 0 amide bonds. The van der Waals surface area contributed by atoms with Crippen molar-refractivity contribution in [3.8, 4) is 40.2 Å². The van der Waals surface area contributed by atoms with E-state index in [0.29, 0.717) is 56.8 Å². The number of hydrogen-bond acceptors (Lipinski definition) is 9. The number of carbonyl (C=O) groups excluding carboxylic acids is 2. The normalized spacial score (nSPS) is 17.0. The highest BCUT2D eigenvalue weighted by Gasteiger charge is 2.39. The second kappa shape index (κ2) is 9.42. The van der Waals surface area contributed by atoms with Gasteiger partial charge in [-0.2, -0.15) is 0 Å². The number of rotatable bonds is 6. The average molecular weight is 504 g/mol. The van der Waals surface area contributed by atoms with Crippen LogP contribution in [0.25, 0.3) is 6.08 Å². The van der Waals surface area contributed by atoms with Crippen LogP contribution in [0.1, 0.15) is 39.4 Å². The number of benzene rings is 3. The van der Waals surface area contributed by atoms with E-state index in [1.807, 2.05) is 0 Å². The van der Waals surface area contributed by atoms with Crippen molar-refractivity contribution in [3.63, 3.8) is 0 Å². The van der Waals surface area contributed by atoms with Crippen LogP contribution in [0.3, 0.4) is 0 Å². The van der Waals surface area contributed by atoms with Crippen molar-refractivity contribution in [2.75, 3.05) is 28.4 Å². The number of aromatic hydroxyl groups is 1. The first-order valence-corrected chi connectivity index (χ1v) is 11.4. The fourth-order valence-electron chi connectivity index (χ4n) is 4.62. The summed E-state index contributed by atoms with van der Waals surface area (Å²) < 4.78 is 32.9. The van der Waals surface area contributed by atoms with Gasteiger partial charge in [0.2, 0.25) is 5.78 Å². The number of methoxy groups -OCH3 is 4. The number of phenols is 1. The smallest absolute Gasteiger partial charge is 0.312 e. The van der Waals surface area contributed by atoms with Gasteiger partial charge >= 0.3 is 5.97 Å². The van der Waals surface area contributed by atoms with Crippen LogP contribution in [-0.2, 0) is 4.79 Å². The van der Waals surface area contributed by atoms with E-state index in [9.17, 15) is 14.7 Å². The number of ether oxygens (including phenoxy) is 6. The van der Waals surface area contributed by atoms with Crippen molar-refractivity contribution in [1.29, 1.82) is 0 Å². The monoisotopic (exact) mass is 504 g/mol. The van der Waals surface area contributed by atoms with Gasteiger partial charge in [0.05, 0.1) is 40.4 Å². The summed E-state index contributed by atoms with van der Waals surface area (Å²) in [6.45, 7) is 0. The van der Waals surface area contributed by atoms with Crippen molar-refractivity contribution < 1.29 is 43.1 Å². The standard InChI is InChI=1S/C28H24O9/c1-32-19-7-5-14(9-18(19)29)17-12-25(30)36-20-8-6-16-27(31)24(37-28(16)26(17)20)11-15-10-22(34-3)23(35-4)13-21(15)33-2/h5-11,13,17,29H,12H2,1-4H3/b24-11-. The van der Waals surface area contributed by atoms with Crippen LogP contribution < -0.4 is 28.4 Å². The molecule has 0 saturated heterocycles. The molecule has 0 fully saturated rings. The topological polar surface area (TPSA) is 110 Å². The molecule has 2 aliphatic heterocycles. The molecule has 2 aliphatic rings. The van der Waals surface area contributed by atoms with Crippen LogP contribution in [0.2, 0.25) is 0 Å². The molecule has 190 valence electrons. The van der Waals surface area contributed by atoms with Crippen molar-refractivity contribution >= 4 is 17.8 Å². The van der Waals surface area contributed by atoms with Gasteiger partial charge in [-0.3, -0.25) is 9.59 Å². The highest BCUT2D eigenvalue weighted by Crippen LogP contribution is 2.50. The Kier molecular flexibility index (Phi) is 6.12. The predicted octanol–water partition coefficient (Wildman–Crippen LogP) is 4.48. The zero-order valence-corrected chi connectivity index (χ0v) is 20.6. The molecule has 3 aromatic rings. The van der Waals surface area contributed by atoms with Gasteiger partial charge < -0.3 is 33.5 Å². The molecule has 1 N–H and O–H groups in total. The summed E-state index contributed by atoms with van der Waals surface area (Å²) in [5.41, 5.74) is 2.09. The van der Waals surface area contributed by atoms with Crippen LogP contribution >= 0.6 is 0 Å². The Bertz CT molecular complexity index is 1450. The van der Waals surface area contributed by atoms with Crippen molar-refractivity contribution in [3.05, 3.63) is 70.5 Å². The molecule has 0 radical (unpaired) electrons. The Morgan fingerprint density at radius 2 is 1.54 bits per heavy atom. The Morgan fingerprint density at radius 1 is 0.838 bits per heavy atom. The first-order valence-electron chi connectivity index (χ1n) is 11.4. The van der Waals surface area contributed by atoms with E-state index in [4.69, 9.17) is 28.4 Å². The largest absolute Gasteiger partial charge is 0.504 e. The second-order valence-electron chi connectivity index (χ2n) is 8.41. The third-order valence-electron chi connectivity index (χ3n) is 6.41. The number of fused-ring (bicyclic) bond motifs is 3. The molecule has 1 atom stereocenters. The quantitative estimate of drug-likeness (QED) is 0.295. The zero-order valence-electron chi connectivity index (χ0n) is 20.6. The molecule has 3 aromatic carbocycles. The minimum absolute atomic E-state index is 0.00925. The van der Waals surface area contributed by atoms with E-state index >= 15 is 0 Å². The Morgan fingerprint density at radius 3 is 2.22 bits per heavy atom. The van der Waals surface area contributed by atoms with Crippen LogP contribution in [-0.4, -0.2) is 45.3 Å². The van der Waals surface area contributed by atoms with E-state index in [1.165, 1.54) is 34.5 Å². The summed E-state index contributed by atoms with van der Waals surface area (Å²) in [5, 5.41) is 10.3. The maximum absolute atomic E-state index is 13.4. The first kappa shape index (κ1) is 24.1. The molecule has 2 heterocycles. The van der Waals surface area contributed by atoms with E-state index in [-0.39, 0.29) is 23.7 Å². The van der Waals surface area contributed by atoms with Crippen molar-refractivity contribution in [2.24, 2.45) is 0 Å². The maximum atomic E-state index is 13.4. The van der Waals surface area contributed by atoms with Gasteiger partial charge in [-0.05, 0) is 42.0 Å². The Hall–Kier alpha value is -4.66. The number of phenolic OH excluding ortho intramolecular Hbond substituents is 1. The van der Waals surface area contributed by atoms with E-state index in [1.54, 1.807) is 42.5 Å². The lowest BCUT2D eigenvalue weighted by Gasteiger charge is -2.26. The summed E-state index contributed by atoms with van der Waals surface area (Å²) in [6, 6.07) is 11.4. The lowest BCUT2D eigenvalue weighted by atomic mass is 9.84. The van der Waals surface area contributed by atoms with E-state index < -0.39 is 11.9 Å². The van der Waals surface area contributed by atoms with E-state index in [0.717, 1.165) is 0 Å². The predicted molar refractivity (Wildman–Crippen MR) is 132 cm³/mol. The van der Waals surface area contributed by atoms with Gasteiger partial charge in [-0.15, -0.1) is 0 Å². The number of allylic oxidation sites excluding steroid dienone is 1. The molecule has 9 heteroatoms. The number of hydrogen-bond donors (Lipinski definition) is 1. The molecule has 0 spiro atoms. The molecule has 37 heavy (non-hydrogen) atoms. The van der Waals surface area contributed by atoms with Crippen LogP contribution in [0.4, 0.5) is 0 Å². The fraction of sp³-hybridized carbons (Fsp3) is 0.214. The number of esters is 1. The molecular formula is C28H24O9. The summed E-state index contributed by atoms with van der Waals surface area (Å²) in [7, 11) is 5.99. The van der Waals surface area contributed by atoms with Crippen molar-refractivity contribution in [2.45, 2.75) is 12.3 Å². The van der Waals surface area contributed by atoms with Gasteiger partial charge in [0, 0.05) is 23.1 Å². The fourth-order valence-corrected chi connectivity index (χ4v) is 4.62. The number of ketones is 1. The highest BCUT2D eigenvalue weighted by molar-refractivity contribution is 6.15. The molecular weight excluding hydrogens is 480 g/mol. The summed E-state index contributed by atoms with van der Waals surface area (Å²) >= 11 is 0. The van der Waals surface area contributed by atoms with Gasteiger partial charge in [-0.25, -0.2) is 0 Å². The van der Waals surface area contributed by atoms with Crippen molar-refractivity contribution in [1.82, 2.24) is 0 Å². The minimum Gasteiger partial charge on any atom is -0.504 e. The average Bonchev–Trinajstić information content (AvgIpc) is 3.22. The van der Waals surface area contributed by atoms with Gasteiger partial charge in [0.15, 0.2) is 28.8 Å². The summed E-state index contributed by atoms with van der Waals surface area (Å²) in [6.07, 6.45) is 1.58. The third kappa shape index (κ3) is 4.08. The third-order valence-corrected chi connectivity index (χ3v) is 6.41. The molecule has 0 aromatic heterocycles. The molecule has 0 saturated carbocycles. The summed E-state index contributed by atoms with van der Waals surface area (Å²) in [4.78, 5) is 25.8. The molecule has 0 aliphatic carbocycles. The van der Waals surface area contributed by atoms with Gasteiger partial charge in [0.1, 0.15) is 17.2 Å². The Balaban J connectivity index is 1.60. The summed E-state index contributed by atoms with van der Waals surface area (Å²) in [5.74, 6) is 1.05. The molecule has 5 rings (SSSR count). The van der Waals surface area contributed by atoms with Gasteiger partial charge in [0.25, 0.3) is 0 Å². The number of Topliss-reactive ketones (excluding diaryl/α,β-unsaturated/α-hetero) is 1. The van der Waals surface area contributed by atoms with Crippen LogP contribution in [0.15, 0.2) is 48.2 Å².